The van der Waals surface area contributed by atoms with E-state index in [-0.39, 0.29) is 18.1 Å². The fraction of sp³-hybridized carbons (Fsp3) is 0.310. The van der Waals surface area contributed by atoms with Gasteiger partial charge in [0.2, 0.25) is 0 Å². The molecule has 3 aromatic carbocycles. The number of anilines is 1. The van der Waals surface area contributed by atoms with Crippen molar-refractivity contribution >= 4 is 28.4 Å². The van der Waals surface area contributed by atoms with E-state index >= 15 is 0 Å². The Hall–Kier alpha value is -3.45. The average Bonchev–Trinajstić information content (AvgIpc) is 2.86. The van der Waals surface area contributed by atoms with Gasteiger partial charge in [-0.15, -0.1) is 0 Å². The van der Waals surface area contributed by atoms with Gasteiger partial charge in [-0.25, -0.2) is 0 Å². The number of carboxylic acids is 1. The number of amides is 1. The summed E-state index contributed by atoms with van der Waals surface area (Å²) < 4.78 is 18.8. The molecular weight excluding hydrogens is 474 g/mol. The van der Waals surface area contributed by atoms with Crippen LogP contribution in [0.5, 0.6) is 5.75 Å². The van der Waals surface area contributed by atoms with E-state index in [9.17, 15) is 13.8 Å². The summed E-state index contributed by atoms with van der Waals surface area (Å²) >= 11 is 0. The summed E-state index contributed by atoms with van der Waals surface area (Å²) in [5.74, 6) is -0.285. The number of carbonyl (C=O) groups is 2. The van der Waals surface area contributed by atoms with Gasteiger partial charge < -0.3 is 15.2 Å². The fourth-order valence-electron chi connectivity index (χ4n) is 3.87. The second-order valence-electron chi connectivity index (χ2n) is 8.71. The molecule has 0 aromatic heterocycles. The molecule has 0 radical (unpaired) electrons. The van der Waals surface area contributed by atoms with Crippen molar-refractivity contribution in [2.75, 3.05) is 11.1 Å². The number of benzene rings is 3. The first kappa shape index (κ1) is 27.1. The van der Waals surface area contributed by atoms with Crippen LogP contribution < -0.4 is 10.1 Å². The summed E-state index contributed by atoms with van der Waals surface area (Å²) in [7, 11) is -1.42. The van der Waals surface area contributed by atoms with Crippen LogP contribution in [0.15, 0.2) is 65.6 Å². The number of hydrogen-bond donors (Lipinski definition) is 2. The Bertz CT molecular complexity index is 1240. The number of rotatable bonds is 12. The van der Waals surface area contributed by atoms with E-state index in [1.165, 1.54) is 5.56 Å². The van der Waals surface area contributed by atoms with Crippen molar-refractivity contribution in [1.82, 2.24) is 0 Å². The summed E-state index contributed by atoms with van der Waals surface area (Å²) in [5, 5.41) is 11.7. The van der Waals surface area contributed by atoms with Gasteiger partial charge in [-0.05, 0) is 73.2 Å². The maximum absolute atomic E-state index is 13.1. The molecule has 1 amide bonds. The molecule has 0 spiro atoms. The minimum Gasteiger partial charge on any atom is -0.489 e. The third kappa shape index (κ3) is 7.28. The van der Waals surface area contributed by atoms with Crippen LogP contribution in [-0.4, -0.2) is 26.9 Å². The number of hydrogen-bond acceptors (Lipinski definition) is 4. The Kier molecular flexibility index (Phi) is 9.82. The van der Waals surface area contributed by atoms with E-state index in [4.69, 9.17) is 9.84 Å². The summed E-state index contributed by atoms with van der Waals surface area (Å²) in [6.45, 7) is 6.42. The first-order valence-corrected chi connectivity index (χ1v) is 13.4. The van der Waals surface area contributed by atoms with Gasteiger partial charge in [-0.3, -0.25) is 13.8 Å². The molecule has 0 aliphatic heterocycles. The highest BCUT2D eigenvalue weighted by Crippen LogP contribution is 2.27. The highest BCUT2D eigenvalue weighted by Gasteiger charge is 2.17. The lowest BCUT2D eigenvalue weighted by atomic mass is 10.0. The van der Waals surface area contributed by atoms with Crippen LogP contribution in [0.1, 0.15) is 58.8 Å². The van der Waals surface area contributed by atoms with Crippen molar-refractivity contribution in [3.63, 3.8) is 0 Å². The monoisotopic (exact) mass is 507 g/mol. The van der Waals surface area contributed by atoms with Crippen LogP contribution in [0.3, 0.4) is 0 Å². The molecule has 0 aliphatic carbocycles. The Balaban J connectivity index is 1.69. The number of carboxylic acid groups (broad SMARTS) is 1. The average molecular weight is 508 g/mol. The van der Waals surface area contributed by atoms with E-state index in [1.54, 1.807) is 36.4 Å². The van der Waals surface area contributed by atoms with E-state index in [0.29, 0.717) is 29.2 Å². The van der Waals surface area contributed by atoms with Gasteiger partial charge in [0.15, 0.2) is 0 Å². The largest absolute Gasteiger partial charge is 0.489 e. The molecule has 7 heteroatoms. The molecule has 36 heavy (non-hydrogen) atoms. The molecule has 3 rings (SSSR count). The first-order chi connectivity index (χ1) is 17.3. The van der Waals surface area contributed by atoms with Crippen LogP contribution in [0.4, 0.5) is 5.69 Å². The second kappa shape index (κ2) is 13.0. The lowest BCUT2D eigenvalue weighted by Crippen LogP contribution is -2.16. The van der Waals surface area contributed by atoms with Gasteiger partial charge in [-0.1, -0.05) is 49.7 Å². The highest BCUT2D eigenvalue weighted by molar-refractivity contribution is 7.85. The topological polar surface area (TPSA) is 92.7 Å². The van der Waals surface area contributed by atoms with Crippen LogP contribution in [0, 0.1) is 13.8 Å². The maximum atomic E-state index is 13.1. The van der Waals surface area contributed by atoms with E-state index in [0.717, 1.165) is 35.3 Å². The zero-order valence-corrected chi connectivity index (χ0v) is 21.8. The Morgan fingerprint density at radius 3 is 2.33 bits per heavy atom. The third-order valence-electron chi connectivity index (χ3n) is 6.04. The van der Waals surface area contributed by atoms with Crippen molar-refractivity contribution < 1.29 is 23.6 Å². The smallest absolute Gasteiger partial charge is 0.303 e. The first-order valence-electron chi connectivity index (χ1n) is 12.1. The lowest BCUT2D eigenvalue weighted by Gasteiger charge is -2.16. The van der Waals surface area contributed by atoms with Crippen molar-refractivity contribution in [2.24, 2.45) is 0 Å². The SMILES string of the molecule is CCCc1ccc(COc2ccc(C(=O)Nc3ccccc3S(=O)CCCC(=O)O)c(C)c2C)cc1. The molecule has 1 atom stereocenters. The predicted octanol–water partition coefficient (Wildman–Crippen LogP) is 6.06. The molecule has 0 fully saturated rings. The maximum Gasteiger partial charge on any atom is 0.303 e. The molecule has 0 saturated carbocycles. The van der Waals surface area contributed by atoms with Crippen LogP contribution in [0.25, 0.3) is 0 Å². The van der Waals surface area contributed by atoms with Gasteiger partial charge >= 0.3 is 5.97 Å². The highest BCUT2D eigenvalue weighted by atomic mass is 32.2. The third-order valence-corrected chi connectivity index (χ3v) is 7.55. The summed E-state index contributed by atoms with van der Waals surface area (Å²) in [5.41, 5.74) is 5.06. The molecule has 3 aromatic rings. The van der Waals surface area contributed by atoms with E-state index in [2.05, 4.69) is 36.5 Å². The summed E-state index contributed by atoms with van der Waals surface area (Å²) in [4.78, 5) is 24.3. The second-order valence-corrected chi connectivity index (χ2v) is 10.3. The number of para-hydroxylation sites is 1. The van der Waals surface area contributed by atoms with E-state index < -0.39 is 16.8 Å². The van der Waals surface area contributed by atoms with Crippen LogP contribution in [0.2, 0.25) is 0 Å². The van der Waals surface area contributed by atoms with Crippen LogP contribution in [-0.2, 0) is 28.6 Å². The molecule has 0 saturated heterocycles. The molecule has 0 bridgehead atoms. The molecule has 190 valence electrons. The molecule has 1 unspecified atom stereocenters. The minimum atomic E-state index is -1.42. The van der Waals surface area contributed by atoms with Gasteiger partial charge in [0.1, 0.15) is 12.4 Å². The quantitative estimate of drug-likeness (QED) is 0.311. The number of carbonyl (C=O) groups excluding carboxylic acids is 1. The number of nitrogens with one attached hydrogen (secondary N) is 1. The molecule has 0 aliphatic rings. The molecule has 0 heterocycles. The van der Waals surface area contributed by atoms with Crippen LogP contribution >= 0.6 is 0 Å². The fourth-order valence-corrected chi connectivity index (χ4v) is 5.09. The number of aryl methyl sites for hydroxylation is 1. The Morgan fingerprint density at radius 2 is 1.64 bits per heavy atom. The van der Waals surface area contributed by atoms with Gasteiger partial charge in [0.05, 0.1) is 21.4 Å². The zero-order chi connectivity index (χ0) is 26.1. The van der Waals surface area contributed by atoms with Gasteiger partial charge in [-0.2, -0.15) is 0 Å². The van der Waals surface area contributed by atoms with Crippen molar-refractivity contribution in [3.05, 3.63) is 88.5 Å². The summed E-state index contributed by atoms with van der Waals surface area (Å²) in [6, 6.07) is 18.9. The minimum absolute atomic E-state index is 0.0443. The number of ether oxygens (including phenoxy) is 1. The zero-order valence-electron chi connectivity index (χ0n) is 21.0. The normalized spacial score (nSPS) is 11.6. The Morgan fingerprint density at radius 1 is 0.944 bits per heavy atom. The van der Waals surface area contributed by atoms with Crippen molar-refractivity contribution in [3.8, 4) is 5.75 Å². The molecular formula is C29H33NO5S. The Labute approximate surface area is 215 Å². The molecule has 6 nitrogen and oxygen atoms in total. The van der Waals surface area contributed by atoms with Crippen molar-refractivity contribution in [2.45, 2.75) is 58.0 Å². The molecule has 2 N–H and O–H groups in total. The lowest BCUT2D eigenvalue weighted by molar-refractivity contribution is -0.137. The van der Waals surface area contributed by atoms with E-state index in [1.807, 2.05) is 13.8 Å². The predicted molar refractivity (Wildman–Crippen MR) is 143 cm³/mol. The van der Waals surface area contributed by atoms with Gasteiger partial charge in [0, 0.05) is 17.7 Å². The van der Waals surface area contributed by atoms with Gasteiger partial charge in [0.25, 0.3) is 5.91 Å². The summed E-state index contributed by atoms with van der Waals surface area (Å²) in [6.07, 6.45) is 2.43. The number of aliphatic carboxylic acids is 1. The standard InChI is InChI=1S/C29H33NO5S/c1-4-8-22-12-14-23(15-13-22)19-35-26-17-16-24(20(2)21(26)3)29(33)30-25-9-5-6-10-27(25)36(34)18-7-11-28(31)32/h5-6,9-10,12-17H,4,7-8,11,18-19H2,1-3H3,(H,30,33)(H,31,32). The van der Waals surface area contributed by atoms with Crippen molar-refractivity contribution in [1.29, 1.82) is 0 Å².